The number of esters is 2. The van der Waals surface area contributed by atoms with Gasteiger partial charge in [0, 0.05) is 12.8 Å². The van der Waals surface area contributed by atoms with E-state index in [1.807, 2.05) is 0 Å². The highest BCUT2D eigenvalue weighted by Crippen LogP contribution is 2.14. The predicted octanol–water partition coefficient (Wildman–Crippen LogP) is 9.78. The van der Waals surface area contributed by atoms with E-state index in [4.69, 9.17) is 9.47 Å². The van der Waals surface area contributed by atoms with Gasteiger partial charge in [-0.3, -0.25) is 9.59 Å². The van der Waals surface area contributed by atoms with Gasteiger partial charge in [0.1, 0.15) is 6.61 Å². The molecule has 0 bridgehead atoms. The second kappa shape index (κ2) is 31.2. The van der Waals surface area contributed by atoms with E-state index in [9.17, 15) is 14.7 Å². The van der Waals surface area contributed by atoms with Crippen molar-refractivity contribution >= 4 is 11.9 Å². The summed E-state index contributed by atoms with van der Waals surface area (Å²) in [5.41, 5.74) is 0. The minimum Gasteiger partial charge on any atom is -0.462 e. The molecule has 0 fully saturated rings. The van der Waals surface area contributed by atoms with Crippen molar-refractivity contribution in [2.45, 2.75) is 180 Å². The Morgan fingerprint density at radius 2 is 1.00 bits per heavy atom. The van der Waals surface area contributed by atoms with Gasteiger partial charge in [-0.15, -0.1) is 0 Å². The lowest BCUT2D eigenvalue weighted by Crippen LogP contribution is -2.28. The van der Waals surface area contributed by atoms with Crippen LogP contribution in [0.1, 0.15) is 174 Å². The smallest absolute Gasteiger partial charge is 0.306 e. The number of carbonyl (C=O) groups is 2. The van der Waals surface area contributed by atoms with E-state index < -0.39 is 6.10 Å². The molecule has 0 amide bonds. The Bertz CT molecular complexity index is 560. The summed E-state index contributed by atoms with van der Waals surface area (Å²) in [6.45, 7) is 4.07. The van der Waals surface area contributed by atoms with E-state index in [0.717, 1.165) is 38.5 Å². The monoisotopic (exact) mass is 552 g/mol. The van der Waals surface area contributed by atoms with E-state index in [2.05, 4.69) is 26.0 Å². The van der Waals surface area contributed by atoms with Crippen LogP contribution in [-0.4, -0.2) is 36.4 Å². The van der Waals surface area contributed by atoms with Crippen LogP contribution in [-0.2, 0) is 19.1 Å². The van der Waals surface area contributed by atoms with Gasteiger partial charge in [0.25, 0.3) is 0 Å². The van der Waals surface area contributed by atoms with Crippen molar-refractivity contribution in [1.82, 2.24) is 0 Å². The van der Waals surface area contributed by atoms with Crippen LogP contribution in [0.4, 0.5) is 0 Å². The maximum atomic E-state index is 12.1. The molecule has 0 aromatic carbocycles. The van der Waals surface area contributed by atoms with Gasteiger partial charge in [-0.25, -0.2) is 0 Å². The molecule has 0 rings (SSSR count). The van der Waals surface area contributed by atoms with Crippen LogP contribution < -0.4 is 0 Å². The van der Waals surface area contributed by atoms with Crippen LogP contribution in [0.3, 0.4) is 0 Å². The van der Waals surface area contributed by atoms with Gasteiger partial charge in [-0.1, -0.05) is 142 Å². The summed E-state index contributed by atoms with van der Waals surface area (Å²) in [6.07, 6.45) is 32.6. The Labute approximate surface area is 241 Å². The highest BCUT2D eigenvalue weighted by molar-refractivity contribution is 5.70. The van der Waals surface area contributed by atoms with Gasteiger partial charge in [0.05, 0.1) is 6.61 Å². The predicted molar refractivity (Wildman–Crippen MR) is 164 cm³/mol. The largest absolute Gasteiger partial charge is 0.462 e. The Hall–Kier alpha value is -1.36. The molecule has 0 aromatic heterocycles. The van der Waals surface area contributed by atoms with Crippen molar-refractivity contribution < 1.29 is 24.2 Å². The molecule has 0 aliphatic carbocycles. The lowest BCUT2D eigenvalue weighted by molar-refractivity contribution is -0.161. The minimum absolute atomic E-state index is 0.0624. The fourth-order valence-electron chi connectivity index (χ4n) is 4.73. The Kier molecular flexibility index (Phi) is 30.1. The number of hydrogen-bond donors (Lipinski definition) is 1. The molecule has 0 aliphatic rings. The van der Waals surface area contributed by atoms with E-state index in [-0.39, 0.29) is 25.2 Å². The molecule has 1 N–H and O–H groups in total. The molecule has 0 unspecified atom stereocenters. The van der Waals surface area contributed by atoms with Crippen LogP contribution in [0.25, 0.3) is 0 Å². The maximum Gasteiger partial charge on any atom is 0.306 e. The standard InChI is InChI=1S/C34H64O5/c1-3-5-7-9-11-13-15-17-19-20-22-24-26-28-33(36)38-31-32(30-35)39-34(37)29-27-25-23-21-18-16-14-12-10-8-6-4-2/h8,10,32,35H,3-7,9,11-31H2,1-2H3/b10-8+/t32-/m0/s1. The second-order valence-electron chi connectivity index (χ2n) is 11.2. The Morgan fingerprint density at radius 1 is 0.564 bits per heavy atom. The number of aliphatic hydroxyl groups excluding tert-OH is 1. The summed E-state index contributed by atoms with van der Waals surface area (Å²) in [4.78, 5) is 24.1. The fraction of sp³-hybridized carbons (Fsp3) is 0.882. The first-order valence-corrected chi connectivity index (χ1v) is 16.7. The SMILES string of the molecule is CCC/C=C/CCCCCCCCCC(=O)O[C@@H](CO)COC(=O)CCCCCCCCCCCCCCC. The quantitative estimate of drug-likeness (QED) is 0.0545. The first-order valence-electron chi connectivity index (χ1n) is 16.7. The van der Waals surface area contributed by atoms with Crippen LogP contribution in [0.15, 0.2) is 12.2 Å². The average molecular weight is 553 g/mol. The maximum absolute atomic E-state index is 12.1. The summed E-state index contributed by atoms with van der Waals surface area (Å²) in [5.74, 6) is -0.593. The van der Waals surface area contributed by atoms with Crippen molar-refractivity contribution in [2.75, 3.05) is 13.2 Å². The highest BCUT2D eigenvalue weighted by Gasteiger charge is 2.16. The van der Waals surface area contributed by atoms with E-state index >= 15 is 0 Å². The summed E-state index contributed by atoms with van der Waals surface area (Å²) < 4.78 is 10.5. The third-order valence-electron chi connectivity index (χ3n) is 7.29. The molecule has 0 aromatic rings. The van der Waals surface area contributed by atoms with Crippen LogP contribution in [0.5, 0.6) is 0 Å². The fourth-order valence-corrected chi connectivity index (χ4v) is 4.73. The highest BCUT2D eigenvalue weighted by atomic mass is 16.6. The van der Waals surface area contributed by atoms with E-state index in [0.29, 0.717) is 12.8 Å². The number of rotatable bonds is 30. The van der Waals surface area contributed by atoms with Gasteiger partial charge < -0.3 is 14.6 Å². The van der Waals surface area contributed by atoms with Gasteiger partial charge in [0.2, 0.25) is 0 Å². The number of allylic oxidation sites excluding steroid dienone is 2. The van der Waals surface area contributed by atoms with Crippen molar-refractivity contribution in [2.24, 2.45) is 0 Å². The number of aliphatic hydroxyl groups is 1. The summed E-state index contributed by atoms with van der Waals surface area (Å²) >= 11 is 0. The summed E-state index contributed by atoms with van der Waals surface area (Å²) in [5, 5.41) is 9.49. The third-order valence-corrected chi connectivity index (χ3v) is 7.29. The first kappa shape index (κ1) is 37.6. The molecule has 0 aliphatic heterocycles. The van der Waals surface area contributed by atoms with Crippen LogP contribution in [0, 0.1) is 0 Å². The zero-order valence-electron chi connectivity index (χ0n) is 25.9. The normalized spacial score (nSPS) is 12.2. The first-order chi connectivity index (χ1) is 19.1. The zero-order valence-corrected chi connectivity index (χ0v) is 25.9. The van der Waals surface area contributed by atoms with Gasteiger partial charge >= 0.3 is 11.9 Å². The lowest BCUT2D eigenvalue weighted by atomic mass is 10.0. The topological polar surface area (TPSA) is 72.8 Å². The van der Waals surface area contributed by atoms with Gasteiger partial charge in [-0.2, -0.15) is 0 Å². The molecule has 0 spiro atoms. The minimum atomic E-state index is -0.764. The van der Waals surface area contributed by atoms with Crippen LogP contribution >= 0.6 is 0 Å². The number of hydrogen-bond acceptors (Lipinski definition) is 5. The lowest BCUT2D eigenvalue weighted by Gasteiger charge is -2.15. The molecular weight excluding hydrogens is 488 g/mol. The number of unbranched alkanes of at least 4 members (excludes halogenated alkanes) is 20. The zero-order chi connectivity index (χ0) is 28.7. The van der Waals surface area contributed by atoms with Crippen molar-refractivity contribution in [3.05, 3.63) is 12.2 Å². The molecule has 0 saturated carbocycles. The molecular formula is C34H64O5. The van der Waals surface area contributed by atoms with Crippen molar-refractivity contribution in [3.8, 4) is 0 Å². The molecule has 0 radical (unpaired) electrons. The summed E-state index contributed by atoms with van der Waals surface area (Å²) in [7, 11) is 0. The number of carbonyl (C=O) groups excluding carboxylic acids is 2. The third kappa shape index (κ3) is 29.4. The molecule has 0 heterocycles. The Balaban J connectivity index is 3.56. The van der Waals surface area contributed by atoms with Gasteiger partial charge in [-0.05, 0) is 32.1 Å². The Morgan fingerprint density at radius 3 is 1.49 bits per heavy atom. The average Bonchev–Trinajstić information content (AvgIpc) is 2.94. The van der Waals surface area contributed by atoms with Crippen molar-refractivity contribution in [1.29, 1.82) is 0 Å². The van der Waals surface area contributed by atoms with Crippen LogP contribution in [0.2, 0.25) is 0 Å². The molecule has 5 heteroatoms. The molecule has 230 valence electrons. The van der Waals surface area contributed by atoms with Crippen molar-refractivity contribution in [3.63, 3.8) is 0 Å². The molecule has 39 heavy (non-hydrogen) atoms. The molecule has 0 saturated heterocycles. The summed E-state index contributed by atoms with van der Waals surface area (Å²) in [6, 6.07) is 0. The molecule has 5 nitrogen and oxygen atoms in total. The second-order valence-corrected chi connectivity index (χ2v) is 11.2. The van der Waals surface area contributed by atoms with Gasteiger partial charge in [0.15, 0.2) is 6.10 Å². The van der Waals surface area contributed by atoms with E-state index in [1.54, 1.807) is 0 Å². The van der Waals surface area contributed by atoms with E-state index in [1.165, 1.54) is 109 Å². The number of ether oxygens (including phenoxy) is 2. The molecule has 1 atom stereocenters.